The highest BCUT2D eigenvalue weighted by Gasteiger charge is 2.38. The molecule has 0 saturated carbocycles. The fraction of sp³-hybridized carbons (Fsp3) is 0.136. The van der Waals surface area contributed by atoms with Crippen molar-refractivity contribution >= 4 is 11.6 Å². The molecule has 0 N–H and O–H groups in total. The Balaban J connectivity index is 1.88. The second-order valence-electron chi connectivity index (χ2n) is 6.11. The third-order valence-corrected chi connectivity index (χ3v) is 4.72. The third kappa shape index (κ3) is 2.51. The van der Waals surface area contributed by atoms with E-state index in [1.54, 1.807) is 14.2 Å². The van der Waals surface area contributed by atoms with Crippen molar-refractivity contribution in [1.82, 2.24) is 0 Å². The summed E-state index contributed by atoms with van der Waals surface area (Å²) in [6.45, 7) is 0. The third-order valence-electron chi connectivity index (χ3n) is 4.72. The number of benzene rings is 3. The van der Waals surface area contributed by atoms with Gasteiger partial charge in [0.2, 0.25) is 0 Å². The zero-order chi connectivity index (χ0) is 18.1. The standard InChI is InChI=1S/C22H19NO3/c1-25-19-13-12-16(14-20(19)26-2)23-21(15-8-4-3-5-9-15)17-10-6-7-11-18(17)22(23)24/h3-14,21H,1-2H3. The smallest absolute Gasteiger partial charge is 0.259 e. The molecule has 0 radical (unpaired) electrons. The van der Waals surface area contributed by atoms with Gasteiger partial charge in [-0.1, -0.05) is 48.5 Å². The topological polar surface area (TPSA) is 38.8 Å². The first-order chi connectivity index (χ1) is 12.7. The van der Waals surface area contributed by atoms with Crippen molar-refractivity contribution in [2.45, 2.75) is 6.04 Å². The Morgan fingerprint density at radius 2 is 1.50 bits per heavy atom. The molecule has 1 unspecified atom stereocenters. The molecule has 1 aliphatic rings. The van der Waals surface area contributed by atoms with Gasteiger partial charge in [0.05, 0.1) is 20.3 Å². The minimum atomic E-state index is -0.169. The van der Waals surface area contributed by atoms with Crippen LogP contribution in [0.4, 0.5) is 5.69 Å². The van der Waals surface area contributed by atoms with E-state index in [1.807, 2.05) is 77.7 Å². The fourth-order valence-corrected chi connectivity index (χ4v) is 3.52. The van der Waals surface area contributed by atoms with Gasteiger partial charge in [0, 0.05) is 17.3 Å². The van der Waals surface area contributed by atoms with Crippen molar-refractivity contribution in [3.8, 4) is 11.5 Å². The molecule has 1 amide bonds. The molecule has 0 bridgehead atoms. The predicted octanol–water partition coefficient (Wildman–Crippen LogP) is 4.45. The maximum atomic E-state index is 13.2. The van der Waals surface area contributed by atoms with E-state index in [9.17, 15) is 4.79 Å². The highest BCUT2D eigenvalue weighted by molar-refractivity contribution is 6.11. The van der Waals surface area contributed by atoms with Crippen LogP contribution < -0.4 is 14.4 Å². The Hall–Kier alpha value is -3.27. The van der Waals surface area contributed by atoms with E-state index in [-0.39, 0.29) is 11.9 Å². The van der Waals surface area contributed by atoms with Gasteiger partial charge < -0.3 is 9.47 Å². The molecule has 26 heavy (non-hydrogen) atoms. The quantitative estimate of drug-likeness (QED) is 0.701. The molecule has 0 saturated heterocycles. The molecule has 4 nitrogen and oxygen atoms in total. The summed E-state index contributed by atoms with van der Waals surface area (Å²) in [5, 5.41) is 0. The molecule has 3 aromatic carbocycles. The number of carbonyl (C=O) groups is 1. The Bertz CT molecular complexity index is 953. The summed E-state index contributed by atoms with van der Waals surface area (Å²) in [6.07, 6.45) is 0. The fourth-order valence-electron chi connectivity index (χ4n) is 3.52. The summed E-state index contributed by atoms with van der Waals surface area (Å²) in [4.78, 5) is 15.0. The average Bonchev–Trinajstić information content (AvgIpc) is 3.01. The van der Waals surface area contributed by atoms with Gasteiger partial charge >= 0.3 is 0 Å². The van der Waals surface area contributed by atoms with Crippen LogP contribution in [-0.4, -0.2) is 20.1 Å². The molecular formula is C22H19NO3. The maximum Gasteiger partial charge on any atom is 0.259 e. The van der Waals surface area contributed by atoms with E-state index in [2.05, 4.69) is 0 Å². The molecule has 0 fully saturated rings. The van der Waals surface area contributed by atoms with Gasteiger partial charge in [-0.25, -0.2) is 0 Å². The lowest BCUT2D eigenvalue weighted by Crippen LogP contribution is -2.28. The molecular weight excluding hydrogens is 326 g/mol. The van der Waals surface area contributed by atoms with Crippen molar-refractivity contribution in [1.29, 1.82) is 0 Å². The van der Waals surface area contributed by atoms with E-state index in [0.29, 0.717) is 11.5 Å². The molecule has 1 heterocycles. The zero-order valence-corrected chi connectivity index (χ0v) is 14.7. The number of hydrogen-bond acceptors (Lipinski definition) is 3. The number of anilines is 1. The van der Waals surface area contributed by atoms with Gasteiger partial charge in [-0.3, -0.25) is 9.69 Å². The molecule has 1 atom stereocenters. The number of ether oxygens (including phenoxy) is 2. The Kier molecular flexibility index (Phi) is 4.09. The van der Waals surface area contributed by atoms with Gasteiger partial charge in [0.25, 0.3) is 5.91 Å². The lowest BCUT2D eigenvalue weighted by Gasteiger charge is -2.26. The van der Waals surface area contributed by atoms with Gasteiger partial charge in [0.1, 0.15) is 0 Å². The van der Waals surface area contributed by atoms with Crippen LogP contribution in [0.5, 0.6) is 11.5 Å². The molecule has 130 valence electrons. The summed E-state index contributed by atoms with van der Waals surface area (Å²) in [5.41, 5.74) is 3.59. The monoisotopic (exact) mass is 345 g/mol. The van der Waals surface area contributed by atoms with Gasteiger partial charge in [-0.05, 0) is 29.3 Å². The molecule has 4 heteroatoms. The number of rotatable bonds is 4. The molecule has 1 aliphatic heterocycles. The lowest BCUT2D eigenvalue weighted by molar-refractivity contribution is 0.0993. The van der Waals surface area contributed by atoms with Gasteiger partial charge in [-0.2, -0.15) is 0 Å². The molecule has 0 aromatic heterocycles. The molecule has 3 aromatic rings. The Morgan fingerprint density at radius 3 is 2.23 bits per heavy atom. The molecule has 0 aliphatic carbocycles. The summed E-state index contributed by atoms with van der Waals surface area (Å²) in [5.74, 6) is 1.22. The minimum absolute atomic E-state index is 0.0123. The van der Waals surface area contributed by atoms with E-state index >= 15 is 0 Å². The van der Waals surface area contributed by atoms with Crippen LogP contribution in [0.25, 0.3) is 0 Å². The molecule has 4 rings (SSSR count). The van der Waals surface area contributed by atoms with Crippen LogP contribution in [0.15, 0.2) is 72.8 Å². The van der Waals surface area contributed by atoms with Crippen molar-refractivity contribution in [2.75, 3.05) is 19.1 Å². The highest BCUT2D eigenvalue weighted by atomic mass is 16.5. The number of methoxy groups -OCH3 is 2. The van der Waals surface area contributed by atoms with Crippen molar-refractivity contribution < 1.29 is 14.3 Å². The van der Waals surface area contributed by atoms with Crippen molar-refractivity contribution in [2.24, 2.45) is 0 Å². The second kappa shape index (κ2) is 6.56. The van der Waals surface area contributed by atoms with Gasteiger partial charge in [-0.15, -0.1) is 0 Å². The Morgan fingerprint density at radius 1 is 0.808 bits per heavy atom. The highest BCUT2D eigenvalue weighted by Crippen LogP contribution is 2.43. The van der Waals surface area contributed by atoms with Gasteiger partial charge in [0.15, 0.2) is 11.5 Å². The lowest BCUT2D eigenvalue weighted by atomic mass is 9.98. The number of amides is 1. The van der Waals surface area contributed by atoms with Crippen LogP contribution in [0.3, 0.4) is 0 Å². The molecule has 0 spiro atoms. The largest absolute Gasteiger partial charge is 0.493 e. The van der Waals surface area contributed by atoms with Crippen LogP contribution in [-0.2, 0) is 0 Å². The first-order valence-corrected chi connectivity index (χ1v) is 8.44. The summed E-state index contributed by atoms with van der Waals surface area (Å²) in [6, 6.07) is 23.2. The van der Waals surface area contributed by atoms with Crippen LogP contribution in [0, 0.1) is 0 Å². The average molecular weight is 345 g/mol. The number of carbonyl (C=O) groups excluding carboxylic acids is 1. The normalized spacial score (nSPS) is 15.7. The van der Waals surface area contributed by atoms with Crippen molar-refractivity contribution in [3.63, 3.8) is 0 Å². The SMILES string of the molecule is COc1ccc(N2C(=O)c3ccccc3C2c2ccccc2)cc1OC. The van der Waals surface area contributed by atoms with E-state index in [1.165, 1.54) is 0 Å². The first kappa shape index (κ1) is 16.2. The van der Waals surface area contributed by atoms with Crippen LogP contribution >= 0.6 is 0 Å². The minimum Gasteiger partial charge on any atom is -0.493 e. The summed E-state index contributed by atoms with van der Waals surface area (Å²) < 4.78 is 10.8. The second-order valence-corrected chi connectivity index (χ2v) is 6.11. The van der Waals surface area contributed by atoms with Crippen LogP contribution in [0.1, 0.15) is 27.5 Å². The maximum absolute atomic E-state index is 13.2. The Labute approximate surface area is 152 Å². The first-order valence-electron chi connectivity index (χ1n) is 8.44. The predicted molar refractivity (Wildman–Crippen MR) is 101 cm³/mol. The number of fused-ring (bicyclic) bond motifs is 1. The summed E-state index contributed by atoms with van der Waals surface area (Å²) >= 11 is 0. The number of hydrogen-bond donors (Lipinski definition) is 0. The number of nitrogens with zero attached hydrogens (tertiary/aromatic N) is 1. The van der Waals surface area contributed by atoms with E-state index < -0.39 is 0 Å². The summed E-state index contributed by atoms with van der Waals surface area (Å²) in [7, 11) is 3.19. The van der Waals surface area contributed by atoms with Crippen molar-refractivity contribution in [3.05, 3.63) is 89.5 Å². The van der Waals surface area contributed by atoms with E-state index in [0.717, 1.165) is 22.4 Å². The van der Waals surface area contributed by atoms with E-state index in [4.69, 9.17) is 9.47 Å². The van der Waals surface area contributed by atoms with Crippen LogP contribution in [0.2, 0.25) is 0 Å². The zero-order valence-electron chi connectivity index (χ0n) is 14.7.